The van der Waals surface area contributed by atoms with Gasteiger partial charge in [-0.15, -0.1) is 11.3 Å². The number of methoxy groups -OCH3 is 1. The summed E-state index contributed by atoms with van der Waals surface area (Å²) in [6.07, 6.45) is 9.59. The third-order valence-electron chi connectivity index (χ3n) is 4.89. The Balaban J connectivity index is 1.82. The Kier molecular flexibility index (Phi) is 7.20. The van der Waals surface area contributed by atoms with Crippen LogP contribution in [0.1, 0.15) is 49.0 Å². The van der Waals surface area contributed by atoms with Crippen molar-refractivity contribution >= 4 is 27.3 Å². The second-order valence-corrected chi connectivity index (χ2v) is 8.97. The van der Waals surface area contributed by atoms with Crippen LogP contribution in [0.3, 0.4) is 0 Å². The van der Waals surface area contributed by atoms with Gasteiger partial charge in [0.2, 0.25) is 0 Å². The van der Waals surface area contributed by atoms with E-state index < -0.39 is 0 Å². The first-order valence-corrected chi connectivity index (χ1v) is 9.71. The molecular formula is C17H28BrNOS. The summed E-state index contributed by atoms with van der Waals surface area (Å²) >= 11 is 5.48. The maximum Gasteiger partial charge on any atom is 0.0704 e. The number of rotatable bonds is 9. The lowest BCUT2D eigenvalue weighted by atomic mass is 9.77. The highest BCUT2D eigenvalue weighted by Crippen LogP contribution is 2.45. The molecule has 0 aromatic carbocycles. The Hall–Kier alpha value is 0.1000. The molecule has 0 spiro atoms. The zero-order valence-electron chi connectivity index (χ0n) is 13.3. The first-order valence-electron chi connectivity index (χ1n) is 8.10. The molecule has 1 aromatic rings. The van der Waals surface area contributed by atoms with E-state index in [1.165, 1.54) is 53.6 Å². The lowest BCUT2D eigenvalue weighted by Gasteiger charge is -2.29. The summed E-state index contributed by atoms with van der Waals surface area (Å²) in [5.74, 6) is 0. The van der Waals surface area contributed by atoms with Gasteiger partial charge in [-0.3, -0.25) is 0 Å². The maximum atomic E-state index is 5.09. The molecule has 0 aliphatic heterocycles. The summed E-state index contributed by atoms with van der Waals surface area (Å²) in [6, 6.07) is 2.32. The molecule has 0 atom stereocenters. The average Bonchev–Trinajstić information content (AvgIpc) is 3.04. The van der Waals surface area contributed by atoms with Crippen molar-refractivity contribution < 1.29 is 4.74 Å². The third kappa shape index (κ3) is 5.34. The van der Waals surface area contributed by atoms with Crippen LogP contribution in [-0.4, -0.2) is 26.8 Å². The highest BCUT2D eigenvalue weighted by molar-refractivity contribution is 9.11. The molecule has 0 unspecified atom stereocenters. The van der Waals surface area contributed by atoms with Gasteiger partial charge in [0.1, 0.15) is 0 Å². The van der Waals surface area contributed by atoms with E-state index in [9.17, 15) is 0 Å². The molecule has 1 fully saturated rings. The van der Waals surface area contributed by atoms with Gasteiger partial charge in [0.15, 0.2) is 0 Å². The molecule has 2 rings (SSSR count). The fourth-order valence-corrected chi connectivity index (χ4v) is 5.32. The molecule has 2 nitrogen and oxygen atoms in total. The Morgan fingerprint density at radius 3 is 2.67 bits per heavy atom. The van der Waals surface area contributed by atoms with E-state index in [0.29, 0.717) is 5.41 Å². The molecule has 0 radical (unpaired) electrons. The molecule has 1 heterocycles. The molecule has 4 heteroatoms. The largest absolute Gasteiger partial charge is 0.383 e. The Bertz CT molecular complexity index is 426. The SMILES string of the molecule is COCCNCCC1(CCc2cc(Br)sc2C)CCCC1. The Morgan fingerprint density at radius 1 is 1.29 bits per heavy atom. The zero-order chi connectivity index (χ0) is 15.1. The van der Waals surface area contributed by atoms with Crippen LogP contribution in [0.15, 0.2) is 9.85 Å². The Morgan fingerprint density at radius 2 is 2.05 bits per heavy atom. The van der Waals surface area contributed by atoms with Crippen LogP contribution in [0.4, 0.5) is 0 Å². The quantitative estimate of drug-likeness (QED) is 0.619. The number of ether oxygens (including phenoxy) is 1. The van der Waals surface area contributed by atoms with Crippen molar-refractivity contribution in [2.24, 2.45) is 5.41 Å². The number of aryl methyl sites for hydroxylation is 2. The molecule has 1 aromatic heterocycles. The normalized spacial score (nSPS) is 17.5. The van der Waals surface area contributed by atoms with Gasteiger partial charge in [0.25, 0.3) is 0 Å². The van der Waals surface area contributed by atoms with Gasteiger partial charge in [-0.25, -0.2) is 0 Å². The van der Waals surface area contributed by atoms with Crippen molar-refractivity contribution in [3.05, 3.63) is 20.3 Å². The molecule has 0 bridgehead atoms. The van der Waals surface area contributed by atoms with Crippen LogP contribution >= 0.6 is 27.3 Å². The predicted molar refractivity (Wildman–Crippen MR) is 95.3 cm³/mol. The van der Waals surface area contributed by atoms with Gasteiger partial charge in [-0.2, -0.15) is 0 Å². The summed E-state index contributed by atoms with van der Waals surface area (Å²) in [7, 11) is 1.77. The number of nitrogens with one attached hydrogen (secondary N) is 1. The highest BCUT2D eigenvalue weighted by atomic mass is 79.9. The van der Waals surface area contributed by atoms with Crippen LogP contribution in [0.5, 0.6) is 0 Å². The molecule has 1 aliphatic rings. The van der Waals surface area contributed by atoms with Gasteiger partial charge in [-0.05, 0) is 78.5 Å². The molecule has 0 amide bonds. The highest BCUT2D eigenvalue weighted by Gasteiger charge is 2.32. The molecule has 1 aliphatic carbocycles. The monoisotopic (exact) mass is 373 g/mol. The molecular weight excluding hydrogens is 346 g/mol. The van der Waals surface area contributed by atoms with Gasteiger partial charge < -0.3 is 10.1 Å². The summed E-state index contributed by atoms with van der Waals surface area (Å²) in [6.45, 7) is 5.17. The van der Waals surface area contributed by atoms with Crippen LogP contribution in [0.2, 0.25) is 0 Å². The lowest BCUT2D eigenvalue weighted by Crippen LogP contribution is -2.27. The second kappa shape index (κ2) is 8.66. The van der Waals surface area contributed by atoms with E-state index in [4.69, 9.17) is 4.74 Å². The molecule has 0 saturated heterocycles. The lowest BCUT2D eigenvalue weighted by molar-refractivity contribution is 0.193. The van der Waals surface area contributed by atoms with Gasteiger partial charge >= 0.3 is 0 Å². The van der Waals surface area contributed by atoms with Crippen molar-refractivity contribution in [2.75, 3.05) is 26.8 Å². The number of hydrogen-bond acceptors (Lipinski definition) is 3. The standard InChI is InChI=1S/C17H28BrNOS/c1-14-15(13-16(18)21-14)5-8-17(6-3-4-7-17)9-10-19-11-12-20-2/h13,19H,3-12H2,1-2H3. The van der Waals surface area contributed by atoms with Crippen LogP contribution < -0.4 is 5.32 Å². The topological polar surface area (TPSA) is 21.3 Å². The number of thiophene rings is 1. The zero-order valence-corrected chi connectivity index (χ0v) is 15.7. The van der Waals surface area contributed by atoms with E-state index in [1.54, 1.807) is 12.7 Å². The smallest absolute Gasteiger partial charge is 0.0704 e. The van der Waals surface area contributed by atoms with E-state index in [0.717, 1.165) is 19.7 Å². The van der Waals surface area contributed by atoms with Gasteiger partial charge in [0.05, 0.1) is 10.4 Å². The van der Waals surface area contributed by atoms with Gasteiger partial charge in [-0.1, -0.05) is 12.8 Å². The van der Waals surface area contributed by atoms with Crippen LogP contribution in [0.25, 0.3) is 0 Å². The second-order valence-electron chi connectivity index (χ2n) is 6.33. The van der Waals surface area contributed by atoms with Crippen molar-refractivity contribution in [3.63, 3.8) is 0 Å². The minimum Gasteiger partial charge on any atom is -0.383 e. The minimum atomic E-state index is 0.584. The summed E-state index contributed by atoms with van der Waals surface area (Å²) in [5, 5.41) is 3.52. The number of halogens is 1. The summed E-state index contributed by atoms with van der Waals surface area (Å²) < 4.78 is 6.37. The minimum absolute atomic E-state index is 0.584. The first-order chi connectivity index (χ1) is 10.2. The van der Waals surface area contributed by atoms with Crippen molar-refractivity contribution in [1.29, 1.82) is 0 Å². The van der Waals surface area contributed by atoms with Crippen molar-refractivity contribution in [3.8, 4) is 0 Å². The van der Waals surface area contributed by atoms with Crippen LogP contribution in [0, 0.1) is 12.3 Å². The summed E-state index contributed by atoms with van der Waals surface area (Å²) in [4.78, 5) is 1.48. The Labute approximate surface area is 141 Å². The van der Waals surface area contributed by atoms with Crippen molar-refractivity contribution in [1.82, 2.24) is 5.32 Å². The van der Waals surface area contributed by atoms with E-state index in [-0.39, 0.29) is 0 Å². The average molecular weight is 374 g/mol. The van der Waals surface area contributed by atoms with Crippen LogP contribution in [-0.2, 0) is 11.2 Å². The third-order valence-corrected chi connectivity index (χ3v) is 6.49. The molecule has 1 N–H and O–H groups in total. The molecule has 120 valence electrons. The van der Waals surface area contributed by atoms with Crippen molar-refractivity contribution in [2.45, 2.75) is 51.9 Å². The van der Waals surface area contributed by atoms with Gasteiger partial charge in [0, 0.05) is 18.5 Å². The fraction of sp³-hybridized carbons (Fsp3) is 0.765. The predicted octanol–water partition coefficient (Wildman–Crippen LogP) is 4.94. The maximum absolute atomic E-state index is 5.09. The first kappa shape index (κ1) is 17.5. The van der Waals surface area contributed by atoms with E-state index in [2.05, 4.69) is 34.2 Å². The molecule has 1 saturated carbocycles. The molecule has 21 heavy (non-hydrogen) atoms. The summed E-state index contributed by atoms with van der Waals surface area (Å²) in [5.41, 5.74) is 2.13. The van der Waals surface area contributed by atoms with E-state index >= 15 is 0 Å². The van der Waals surface area contributed by atoms with E-state index in [1.807, 2.05) is 11.3 Å². The fourth-order valence-electron chi connectivity index (χ4n) is 3.53. The number of hydrogen-bond donors (Lipinski definition) is 1.